The zero-order valence-corrected chi connectivity index (χ0v) is 13.4. The van der Waals surface area contributed by atoms with Crippen molar-refractivity contribution >= 4 is 23.1 Å². The molecule has 1 fully saturated rings. The fourth-order valence-electron chi connectivity index (χ4n) is 2.83. The topological polar surface area (TPSA) is 42.2 Å². The fourth-order valence-corrected chi connectivity index (χ4v) is 4.54. The Kier molecular flexibility index (Phi) is 4.43. The van der Waals surface area contributed by atoms with Crippen LogP contribution in [-0.2, 0) is 6.54 Å². The number of rotatable bonds is 5. The van der Waals surface area contributed by atoms with Crippen LogP contribution in [0.5, 0.6) is 0 Å². The number of thioether (sulfide) groups is 1. The summed E-state index contributed by atoms with van der Waals surface area (Å²) >= 11 is 3.60. The molecule has 0 amide bonds. The van der Waals surface area contributed by atoms with Crippen molar-refractivity contribution in [1.82, 2.24) is 15.1 Å². The molecule has 2 aromatic rings. The Morgan fingerprint density at radius 1 is 1.45 bits per heavy atom. The van der Waals surface area contributed by atoms with Crippen molar-refractivity contribution < 1.29 is 4.42 Å². The summed E-state index contributed by atoms with van der Waals surface area (Å²) in [5.74, 6) is 1.35. The van der Waals surface area contributed by atoms with Gasteiger partial charge < -0.3 is 4.42 Å². The van der Waals surface area contributed by atoms with Crippen LogP contribution >= 0.6 is 23.1 Å². The zero-order valence-electron chi connectivity index (χ0n) is 11.8. The van der Waals surface area contributed by atoms with E-state index in [-0.39, 0.29) is 0 Å². The molecule has 0 N–H and O–H groups in total. The van der Waals surface area contributed by atoms with Crippen LogP contribution in [0.15, 0.2) is 21.9 Å². The van der Waals surface area contributed by atoms with E-state index in [0.717, 1.165) is 16.7 Å². The van der Waals surface area contributed by atoms with Crippen LogP contribution in [0.1, 0.15) is 25.2 Å². The predicted octanol–water partition coefficient (Wildman–Crippen LogP) is 3.51. The minimum atomic E-state index is 0.627. The fraction of sp³-hybridized carbons (Fsp3) is 0.571. The number of thiophene rings is 1. The van der Waals surface area contributed by atoms with E-state index >= 15 is 0 Å². The van der Waals surface area contributed by atoms with Gasteiger partial charge in [0, 0.05) is 11.3 Å². The SMILES string of the molecule is CSC1CCCC1N(C)Cc1nnc(-c2cccs2)o1. The first kappa shape index (κ1) is 14.1. The third-order valence-corrected chi connectivity index (χ3v) is 5.88. The quantitative estimate of drug-likeness (QED) is 0.845. The van der Waals surface area contributed by atoms with Crippen molar-refractivity contribution in [1.29, 1.82) is 0 Å². The largest absolute Gasteiger partial charge is 0.419 e. The Labute approximate surface area is 127 Å². The molecule has 0 spiro atoms. The summed E-state index contributed by atoms with van der Waals surface area (Å²) in [6.45, 7) is 0.736. The maximum Gasteiger partial charge on any atom is 0.257 e. The highest BCUT2D eigenvalue weighted by molar-refractivity contribution is 7.99. The summed E-state index contributed by atoms with van der Waals surface area (Å²) in [6, 6.07) is 4.63. The van der Waals surface area contributed by atoms with Crippen LogP contribution in [0.4, 0.5) is 0 Å². The third-order valence-electron chi connectivity index (χ3n) is 3.87. The van der Waals surface area contributed by atoms with E-state index in [4.69, 9.17) is 4.42 Å². The van der Waals surface area contributed by atoms with E-state index in [1.54, 1.807) is 11.3 Å². The monoisotopic (exact) mass is 309 g/mol. The molecule has 20 heavy (non-hydrogen) atoms. The van der Waals surface area contributed by atoms with E-state index < -0.39 is 0 Å². The minimum Gasteiger partial charge on any atom is -0.419 e. The molecule has 6 heteroatoms. The smallest absolute Gasteiger partial charge is 0.257 e. The molecule has 0 bridgehead atoms. The lowest BCUT2D eigenvalue weighted by Gasteiger charge is -2.27. The summed E-state index contributed by atoms with van der Waals surface area (Å²) in [4.78, 5) is 3.40. The molecule has 1 aliphatic carbocycles. The summed E-state index contributed by atoms with van der Waals surface area (Å²) in [5.41, 5.74) is 0. The maximum atomic E-state index is 5.77. The molecule has 2 heterocycles. The Hall–Kier alpha value is -0.850. The number of nitrogens with zero attached hydrogens (tertiary/aromatic N) is 3. The molecular formula is C14H19N3OS2. The molecule has 2 unspecified atom stereocenters. The van der Waals surface area contributed by atoms with Crippen molar-refractivity contribution in [2.24, 2.45) is 0 Å². The van der Waals surface area contributed by atoms with Crippen molar-refractivity contribution in [3.05, 3.63) is 23.4 Å². The number of hydrogen-bond donors (Lipinski definition) is 0. The van der Waals surface area contributed by atoms with Gasteiger partial charge in [0.1, 0.15) is 0 Å². The van der Waals surface area contributed by atoms with Gasteiger partial charge in [0.2, 0.25) is 5.89 Å². The second-order valence-corrected chi connectivity index (χ2v) is 7.19. The Balaban J connectivity index is 1.66. The van der Waals surface area contributed by atoms with Gasteiger partial charge in [-0.25, -0.2) is 0 Å². The van der Waals surface area contributed by atoms with Gasteiger partial charge in [-0.3, -0.25) is 4.90 Å². The average molecular weight is 309 g/mol. The molecular weight excluding hydrogens is 290 g/mol. The first-order valence-corrected chi connectivity index (χ1v) is 9.04. The van der Waals surface area contributed by atoms with Gasteiger partial charge in [-0.05, 0) is 37.6 Å². The molecule has 108 valence electrons. The molecule has 1 saturated carbocycles. The molecule has 0 saturated heterocycles. The summed E-state index contributed by atoms with van der Waals surface area (Å²) in [5, 5.41) is 11.1. The third kappa shape index (κ3) is 2.92. The van der Waals surface area contributed by atoms with Crippen molar-refractivity contribution in [3.8, 4) is 10.8 Å². The van der Waals surface area contributed by atoms with Crippen LogP contribution in [0.3, 0.4) is 0 Å². The van der Waals surface area contributed by atoms with Gasteiger partial charge in [0.15, 0.2) is 0 Å². The summed E-state index contributed by atoms with van der Waals surface area (Å²) < 4.78 is 5.77. The second kappa shape index (κ2) is 6.28. The zero-order chi connectivity index (χ0) is 13.9. The molecule has 3 rings (SSSR count). The van der Waals surface area contributed by atoms with Crippen LogP contribution < -0.4 is 0 Å². The Bertz CT molecular complexity index is 540. The number of hydrogen-bond acceptors (Lipinski definition) is 6. The molecule has 2 atom stereocenters. The van der Waals surface area contributed by atoms with E-state index in [9.17, 15) is 0 Å². The van der Waals surface area contributed by atoms with E-state index in [0.29, 0.717) is 17.8 Å². The van der Waals surface area contributed by atoms with Crippen LogP contribution in [0.25, 0.3) is 10.8 Å². The normalized spacial score (nSPS) is 22.8. The molecule has 2 aromatic heterocycles. The first-order chi connectivity index (χ1) is 9.78. The van der Waals surface area contributed by atoms with E-state index in [2.05, 4.69) is 28.4 Å². The highest BCUT2D eigenvalue weighted by Gasteiger charge is 2.30. The standard InChI is InChI=1S/C14H19N3OS2/c1-17(10-5-3-6-11(10)19-2)9-13-15-16-14(18-13)12-7-4-8-20-12/h4,7-8,10-11H,3,5-6,9H2,1-2H3. The molecule has 0 radical (unpaired) electrons. The minimum absolute atomic E-state index is 0.627. The van der Waals surface area contributed by atoms with Gasteiger partial charge in [-0.1, -0.05) is 12.5 Å². The summed E-state index contributed by atoms with van der Waals surface area (Å²) in [6.07, 6.45) is 6.12. The van der Waals surface area contributed by atoms with Crippen LogP contribution in [0.2, 0.25) is 0 Å². The molecule has 1 aliphatic rings. The summed E-state index contributed by atoms with van der Waals surface area (Å²) in [7, 11) is 2.16. The highest BCUT2D eigenvalue weighted by Crippen LogP contribution is 2.32. The van der Waals surface area contributed by atoms with Gasteiger partial charge in [0.05, 0.1) is 11.4 Å². The first-order valence-electron chi connectivity index (χ1n) is 6.87. The lowest BCUT2D eigenvalue weighted by Crippen LogP contribution is -2.35. The molecule has 0 aliphatic heterocycles. The van der Waals surface area contributed by atoms with Crippen molar-refractivity contribution in [2.45, 2.75) is 37.1 Å². The van der Waals surface area contributed by atoms with Crippen molar-refractivity contribution in [3.63, 3.8) is 0 Å². The lowest BCUT2D eigenvalue weighted by molar-refractivity contribution is 0.219. The highest BCUT2D eigenvalue weighted by atomic mass is 32.2. The van der Waals surface area contributed by atoms with E-state index in [1.807, 2.05) is 29.3 Å². The number of aromatic nitrogens is 2. The molecule has 4 nitrogen and oxygen atoms in total. The average Bonchev–Trinajstić information content (AvgIpc) is 3.19. The predicted molar refractivity (Wildman–Crippen MR) is 84.0 cm³/mol. The maximum absolute atomic E-state index is 5.77. The van der Waals surface area contributed by atoms with E-state index in [1.165, 1.54) is 19.3 Å². The van der Waals surface area contributed by atoms with Gasteiger partial charge in [-0.2, -0.15) is 11.8 Å². The van der Waals surface area contributed by atoms with Crippen LogP contribution in [-0.4, -0.2) is 39.7 Å². The molecule has 0 aromatic carbocycles. The Morgan fingerprint density at radius 2 is 2.35 bits per heavy atom. The van der Waals surface area contributed by atoms with Gasteiger partial charge in [0.25, 0.3) is 5.89 Å². The Morgan fingerprint density at radius 3 is 3.10 bits per heavy atom. The van der Waals surface area contributed by atoms with Gasteiger partial charge >= 0.3 is 0 Å². The van der Waals surface area contributed by atoms with Crippen LogP contribution in [0, 0.1) is 0 Å². The van der Waals surface area contributed by atoms with Gasteiger partial charge in [-0.15, -0.1) is 21.5 Å². The second-order valence-electron chi connectivity index (χ2n) is 5.17. The van der Waals surface area contributed by atoms with Crippen molar-refractivity contribution in [2.75, 3.05) is 13.3 Å². The lowest BCUT2D eigenvalue weighted by atomic mass is 10.2.